The van der Waals surface area contributed by atoms with Crippen molar-refractivity contribution in [1.29, 1.82) is 0 Å². The zero-order valence-corrected chi connectivity index (χ0v) is 7.38. The van der Waals surface area contributed by atoms with E-state index in [1.807, 2.05) is 0 Å². The third-order valence-electron chi connectivity index (χ3n) is 0.846. The van der Waals surface area contributed by atoms with Gasteiger partial charge in [-0.1, -0.05) is 0 Å². The smallest absolute Gasteiger partial charge is 0.379 e. The Hall–Kier alpha value is -0.250. The van der Waals surface area contributed by atoms with E-state index in [4.69, 9.17) is 22.3 Å². The lowest BCUT2D eigenvalue weighted by Gasteiger charge is -2.10. The van der Waals surface area contributed by atoms with E-state index >= 15 is 0 Å². The number of hydrogen-bond acceptors (Lipinski definition) is 5. The minimum absolute atomic E-state index is 0. The maximum atomic E-state index is 8.74. The Labute approximate surface area is 71.3 Å². The largest absolute Gasteiger partial charge is 0.394 e. The molecule has 0 unspecified atom stereocenters. The molecule has 0 aromatic carbocycles. The topological polar surface area (TPSA) is 131 Å². The average Bonchev–Trinajstić information content (AvgIpc) is 1.88. The number of rotatable bonds is 0. The summed E-state index contributed by atoms with van der Waals surface area (Å²) in [6, 6.07) is 0. The van der Waals surface area contributed by atoms with Gasteiger partial charge in [-0.2, -0.15) is 8.42 Å². The molecule has 0 saturated carbocycles. The van der Waals surface area contributed by atoms with Gasteiger partial charge in [0, 0.05) is 13.1 Å². The molecular formula is C4H14N2O5S. The van der Waals surface area contributed by atoms with E-state index in [0.717, 1.165) is 26.3 Å². The van der Waals surface area contributed by atoms with Crippen LogP contribution >= 0.6 is 0 Å². The first-order chi connectivity index (χ1) is 5.00. The fraction of sp³-hybridized carbons (Fsp3) is 1.00. The third kappa shape index (κ3) is 22.6. The van der Waals surface area contributed by atoms with E-state index < -0.39 is 10.4 Å². The van der Waals surface area contributed by atoms with Crippen LogP contribution < -0.4 is 11.5 Å². The third-order valence-corrected chi connectivity index (χ3v) is 0.846. The second kappa shape index (κ2) is 7.40. The zero-order valence-electron chi connectivity index (χ0n) is 6.56. The standard InChI is InChI=1S/C4H9NO.H3N.H2O4S/c1-3-6-4-2-5-1;;1-5(2,3)4/h5H,1-4H2;1H3;(H2,1,2,3,4). The summed E-state index contributed by atoms with van der Waals surface area (Å²) < 4.78 is 36.6. The zero-order chi connectivity index (χ0) is 8.74. The molecule has 1 rings (SSSR count). The Morgan fingerprint density at radius 1 is 1.17 bits per heavy atom. The quantitative estimate of drug-likeness (QED) is 0.375. The highest BCUT2D eigenvalue weighted by atomic mass is 32.3. The highest BCUT2D eigenvalue weighted by molar-refractivity contribution is 7.79. The molecule has 1 fully saturated rings. The average molecular weight is 202 g/mol. The van der Waals surface area contributed by atoms with Crippen LogP contribution in [0.25, 0.3) is 0 Å². The molecule has 0 amide bonds. The molecule has 0 atom stereocenters. The molecule has 1 saturated heterocycles. The van der Waals surface area contributed by atoms with Crippen molar-refractivity contribution < 1.29 is 22.3 Å². The van der Waals surface area contributed by atoms with Crippen LogP contribution in [0.4, 0.5) is 0 Å². The number of ether oxygens (including phenoxy) is 1. The van der Waals surface area contributed by atoms with Crippen molar-refractivity contribution >= 4 is 10.4 Å². The van der Waals surface area contributed by atoms with E-state index in [9.17, 15) is 0 Å². The Balaban J connectivity index is 0. The van der Waals surface area contributed by atoms with Gasteiger partial charge in [-0.15, -0.1) is 0 Å². The fourth-order valence-electron chi connectivity index (χ4n) is 0.516. The van der Waals surface area contributed by atoms with Crippen LogP contribution in [0.15, 0.2) is 0 Å². The van der Waals surface area contributed by atoms with Gasteiger partial charge in [0.2, 0.25) is 0 Å². The molecule has 12 heavy (non-hydrogen) atoms. The lowest BCUT2D eigenvalue weighted by Crippen LogP contribution is -2.30. The van der Waals surface area contributed by atoms with Gasteiger partial charge in [0.05, 0.1) is 13.2 Å². The van der Waals surface area contributed by atoms with Gasteiger partial charge >= 0.3 is 10.4 Å². The Kier molecular flexibility index (Phi) is 8.81. The van der Waals surface area contributed by atoms with Crippen molar-refractivity contribution in [2.45, 2.75) is 0 Å². The van der Waals surface area contributed by atoms with Crippen molar-refractivity contribution in [3.8, 4) is 0 Å². The first-order valence-corrected chi connectivity index (χ1v) is 4.38. The van der Waals surface area contributed by atoms with Crippen molar-refractivity contribution in [3.63, 3.8) is 0 Å². The van der Waals surface area contributed by atoms with Gasteiger partial charge in [-0.05, 0) is 0 Å². The molecule has 0 aliphatic carbocycles. The van der Waals surface area contributed by atoms with E-state index in [0.29, 0.717) is 0 Å². The van der Waals surface area contributed by atoms with E-state index in [2.05, 4.69) is 5.32 Å². The summed E-state index contributed by atoms with van der Waals surface area (Å²) in [5.74, 6) is 0. The van der Waals surface area contributed by atoms with Crippen LogP contribution in [0, 0.1) is 0 Å². The summed E-state index contributed by atoms with van der Waals surface area (Å²) in [5, 5.41) is 3.16. The van der Waals surface area contributed by atoms with Crippen molar-refractivity contribution in [1.82, 2.24) is 11.5 Å². The first-order valence-electron chi connectivity index (χ1n) is 2.98. The van der Waals surface area contributed by atoms with Gasteiger partial charge in [0.25, 0.3) is 0 Å². The molecule has 0 aromatic heterocycles. The summed E-state index contributed by atoms with van der Waals surface area (Å²) >= 11 is 0. The second-order valence-corrected chi connectivity index (χ2v) is 2.71. The maximum Gasteiger partial charge on any atom is 0.394 e. The lowest BCUT2D eigenvalue weighted by atomic mass is 10.5. The van der Waals surface area contributed by atoms with Crippen molar-refractivity contribution in [2.75, 3.05) is 26.3 Å². The van der Waals surface area contributed by atoms with Gasteiger partial charge in [0.1, 0.15) is 0 Å². The predicted octanol–water partition coefficient (Wildman–Crippen LogP) is -0.885. The van der Waals surface area contributed by atoms with Gasteiger partial charge in [0.15, 0.2) is 0 Å². The first kappa shape index (κ1) is 14.3. The Bertz CT molecular complexity index is 156. The predicted molar refractivity (Wildman–Crippen MR) is 42.9 cm³/mol. The number of hydrogen-bond donors (Lipinski definition) is 4. The van der Waals surface area contributed by atoms with Crippen LogP contribution in [0.2, 0.25) is 0 Å². The molecular weight excluding hydrogens is 188 g/mol. The minimum Gasteiger partial charge on any atom is -0.379 e. The molecule has 0 aromatic rings. The molecule has 6 N–H and O–H groups in total. The van der Waals surface area contributed by atoms with Gasteiger partial charge < -0.3 is 16.2 Å². The number of nitrogens with one attached hydrogen (secondary N) is 1. The molecule has 0 bridgehead atoms. The van der Waals surface area contributed by atoms with Crippen LogP contribution in [0.5, 0.6) is 0 Å². The molecule has 0 spiro atoms. The molecule has 1 heterocycles. The molecule has 8 heteroatoms. The van der Waals surface area contributed by atoms with Gasteiger partial charge in [-0.25, -0.2) is 0 Å². The summed E-state index contributed by atoms with van der Waals surface area (Å²) in [6.45, 7) is 3.83. The van der Waals surface area contributed by atoms with Crippen LogP contribution in [0.1, 0.15) is 0 Å². The molecule has 0 radical (unpaired) electrons. The molecule has 1 aliphatic heterocycles. The summed E-state index contributed by atoms with van der Waals surface area (Å²) in [6.07, 6.45) is 0. The van der Waals surface area contributed by atoms with Gasteiger partial charge in [-0.3, -0.25) is 9.11 Å². The van der Waals surface area contributed by atoms with Crippen LogP contribution in [0.3, 0.4) is 0 Å². The number of morpholine rings is 1. The van der Waals surface area contributed by atoms with Crippen molar-refractivity contribution in [3.05, 3.63) is 0 Å². The monoisotopic (exact) mass is 202 g/mol. The lowest BCUT2D eigenvalue weighted by molar-refractivity contribution is 0.109. The van der Waals surface area contributed by atoms with E-state index in [1.54, 1.807) is 0 Å². The highest BCUT2D eigenvalue weighted by Crippen LogP contribution is 1.76. The Morgan fingerprint density at radius 2 is 1.50 bits per heavy atom. The Morgan fingerprint density at radius 3 is 1.58 bits per heavy atom. The van der Waals surface area contributed by atoms with Crippen LogP contribution in [-0.2, 0) is 15.1 Å². The summed E-state index contributed by atoms with van der Waals surface area (Å²) in [5.41, 5.74) is 0. The van der Waals surface area contributed by atoms with Crippen LogP contribution in [-0.4, -0.2) is 43.8 Å². The SMILES string of the molecule is C1COCCN1.N.O=S(=O)(O)O. The summed E-state index contributed by atoms with van der Waals surface area (Å²) in [7, 11) is -4.67. The van der Waals surface area contributed by atoms with E-state index in [-0.39, 0.29) is 6.15 Å². The molecule has 1 aliphatic rings. The maximum absolute atomic E-state index is 8.74. The fourth-order valence-corrected chi connectivity index (χ4v) is 0.516. The molecule has 7 nitrogen and oxygen atoms in total. The minimum atomic E-state index is -4.67. The normalized spacial score (nSPS) is 16.8. The second-order valence-electron chi connectivity index (χ2n) is 1.81. The molecule has 76 valence electrons. The summed E-state index contributed by atoms with van der Waals surface area (Å²) in [4.78, 5) is 0. The van der Waals surface area contributed by atoms with E-state index in [1.165, 1.54) is 0 Å². The highest BCUT2D eigenvalue weighted by Gasteiger charge is 1.92. The van der Waals surface area contributed by atoms with Crippen molar-refractivity contribution in [2.24, 2.45) is 0 Å².